The van der Waals surface area contributed by atoms with Gasteiger partial charge in [-0.3, -0.25) is 4.79 Å². The number of hydrogen-bond donors (Lipinski definition) is 1. The maximum atomic E-state index is 10.1. The molecule has 48 valence electrons. The predicted molar refractivity (Wildman–Crippen MR) is 23.7 cm³/mol. The second-order valence-corrected chi connectivity index (χ2v) is 1.30. The molecule has 0 aliphatic carbocycles. The first-order valence-electron chi connectivity index (χ1n) is 2.06. The molecule has 5 heteroatoms. The average molecular weight is 128 g/mol. The van der Waals surface area contributed by atoms with E-state index in [1.807, 2.05) is 0 Å². The van der Waals surface area contributed by atoms with Crippen LogP contribution in [0.5, 0.6) is 0 Å². The van der Waals surface area contributed by atoms with Crippen LogP contribution in [0.4, 0.5) is 0 Å². The summed E-state index contributed by atoms with van der Waals surface area (Å²) in [4.78, 5) is 22.4. The number of nitrogens with zero attached hydrogens (tertiary/aromatic N) is 1. The summed E-state index contributed by atoms with van der Waals surface area (Å²) in [6, 6.07) is 0. The van der Waals surface area contributed by atoms with E-state index < -0.39 is 17.5 Å². The zero-order chi connectivity index (χ0) is 7.44. The number of aliphatic carboxylic acids is 1. The molecule has 0 saturated heterocycles. The van der Waals surface area contributed by atoms with Gasteiger partial charge >= 0.3 is 5.71 Å². The smallest absolute Gasteiger partial charge is 0.429 e. The molecule has 1 N–H and O–H groups in total. The summed E-state index contributed by atoms with van der Waals surface area (Å²) >= 11 is 0. The van der Waals surface area contributed by atoms with E-state index in [1.54, 1.807) is 0 Å². The molecule has 0 spiro atoms. The number of Topliss-reactive ketones (excluding diaryl/α,β-unsaturated/α-hetero) is 1. The molecule has 0 amide bonds. The van der Waals surface area contributed by atoms with Crippen LogP contribution >= 0.6 is 0 Å². The lowest BCUT2D eigenvalue weighted by Crippen LogP contribution is -2.36. The molecule has 0 heterocycles. The minimum Gasteiger partial charge on any atom is -0.538 e. The number of carboxylic acid groups (broad SMARTS) is 1. The maximum Gasteiger partial charge on any atom is 0.429 e. The molecule has 0 unspecified atom stereocenters. The predicted octanol–water partition coefficient (Wildman–Crippen LogP) is -1.99. The third-order valence-corrected chi connectivity index (χ3v) is 0.639. The Balaban J connectivity index is 4.59. The molecule has 0 aromatic rings. The van der Waals surface area contributed by atoms with Crippen molar-refractivity contribution in [3.05, 3.63) is 0 Å². The van der Waals surface area contributed by atoms with Gasteiger partial charge in [0.15, 0.2) is 5.97 Å². The quantitative estimate of drug-likeness (QED) is 0.202. The number of nitrogens with one attached hydrogen (secondary N) is 1. The Labute approximate surface area is 50.5 Å². The third kappa shape index (κ3) is 1.84. The largest absolute Gasteiger partial charge is 0.538 e. The average Bonchev–Trinajstić information content (AvgIpc) is 1.64. The minimum atomic E-state index is -1.71. The molecule has 0 saturated carbocycles. The van der Waals surface area contributed by atoms with Gasteiger partial charge in [0, 0.05) is 6.92 Å². The van der Waals surface area contributed by atoms with Gasteiger partial charge in [-0.25, -0.2) is 0 Å². The summed E-state index contributed by atoms with van der Waals surface area (Å²) in [6.07, 6.45) is 0. The van der Waals surface area contributed by atoms with Gasteiger partial charge in [0.25, 0.3) is 0 Å². The highest BCUT2D eigenvalue weighted by molar-refractivity contribution is 6.60. The lowest BCUT2D eigenvalue weighted by molar-refractivity contribution is -0.298. The normalized spacial score (nSPS) is 7.67. The van der Waals surface area contributed by atoms with Gasteiger partial charge in [0.1, 0.15) is 0 Å². The van der Waals surface area contributed by atoms with E-state index in [0.717, 1.165) is 6.92 Å². The van der Waals surface area contributed by atoms with Crippen LogP contribution in [0.25, 0.3) is 0 Å². The molecule has 0 atom stereocenters. The first-order chi connectivity index (χ1) is 4.09. The topological polar surface area (TPSA) is 95.2 Å². The standard InChI is InChI=1S/C4H4N2O3/c1-2(7)3(6-5)4(8)9/h5H,1H3. The molecule has 9 heavy (non-hydrogen) atoms. The lowest BCUT2D eigenvalue weighted by atomic mass is 10.3. The fraction of sp³-hybridized carbons (Fsp3) is 0.250. The van der Waals surface area contributed by atoms with Crippen LogP contribution in [-0.4, -0.2) is 22.3 Å². The van der Waals surface area contributed by atoms with Gasteiger partial charge in [0.2, 0.25) is 5.78 Å². The molecule has 0 fully saturated rings. The fourth-order valence-electron chi connectivity index (χ4n) is 0.268. The van der Waals surface area contributed by atoms with Crippen molar-refractivity contribution in [1.29, 1.82) is 5.53 Å². The highest BCUT2D eigenvalue weighted by atomic mass is 16.4. The zero-order valence-electron chi connectivity index (χ0n) is 4.67. The van der Waals surface area contributed by atoms with Crippen molar-refractivity contribution in [3.8, 4) is 0 Å². The van der Waals surface area contributed by atoms with Crippen molar-refractivity contribution in [1.82, 2.24) is 0 Å². The monoisotopic (exact) mass is 128 g/mol. The van der Waals surface area contributed by atoms with Gasteiger partial charge in [-0.2, -0.15) is 0 Å². The van der Waals surface area contributed by atoms with Gasteiger partial charge < -0.3 is 9.90 Å². The molecule has 0 aromatic carbocycles. The number of carbonyl (C=O) groups is 2. The molecule has 0 radical (unpaired) electrons. The number of ketones is 1. The molecule has 0 aromatic heterocycles. The Bertz CT molecular complexity index is 186. The SMILES string of the molecule is CC(=O)C(=[N+]=N)C(=O)[O-]. The summed E-state index contributed by atoms with van der Waals surface area (Å²) in [6.45, 7) is 1.00. The Morgan fingerprint density at radius 2 is 2.00 bits per heavy atom. The van der Waals surface area contributed by atoms with Crippen molar-refractivity contribution in [2.24, 2.45) is 0 Å². The molecular formula is C4H4N2O3. The van der Waals surface area contributed by atoms with Gasteiger partial charge in [0.05, 0.1) is 10.3 Å². The van der Waals surface area contributed by atoms with Crippen molar-refractivity contribution in [3.63, 3.8) is 0 Å². The van der Waals surface area contributed by atoms with Crippen LogP contribution in [0.3, 0.4) is 0 Å². The second kappa shape index (κ2) is 2.74. The number of rotatable bonds is 2. The van der Waals surface area contributed by atoms with Crippen molar-refractivity contribution in [2.75, 3.05) is 0 Å². The molecular weight excluding hydrogens is 124 g/mol. The van der Waals surface area contributed by atoms with E-state index in [9.17, 15) is 14.7 Å². The zero-order valence-corrected chi connectivity index (χ0v) is 4.67. The minimum absolute atomic E-state index is 0.773. The van der Waals surface area contributed by atoms with E-state index in [0.29, 0.717) is 0 Å². The van der Waals surface area contributed by atoms with E-state index in [1.165, 1.54) is 0 Å². The summed E-state index contributed by atoms with van der Waals surface area (Å²) in [5.41, 5.74) is 5.32. The van der Waals surface area contributed by atoms with Crippen LogP contribution in [-0.2, 0) is 9.59 Å². The first kappa shape index (κ1) is 7.52. The fourth-order valence-corrected chi connectivity index (χ4v) is 0.268. The summed E-state index contributed by atoms with van der Waals surface area (Å²) in [7, 11) is 0. The van der Waals surface area contributed by atoms with Crippen LogP contribution < -0.4 is 5.11 Å². The number of carboxylic acids is 1. The lowest BCUT2D eigenvalue weighted by Gasteiger charge is -1.84. The van der Waals surface area contributed by atoms with Crippen LogP contribution in [0.1, 0.15) is 6.92 Å². The Morgan fingerprint density at radius 1 is 1.56 bits per heavy atom. The number of carbonyl (C=O) groups excluding carboxylic acids is 2. The van der Waals surface area contributed by atoms with Crippen LogP contribution in [0.15, 0.2) is 0 Å². The van der Waals surface area contributed by atoms with Crippen LogP contribution in [0.2, 0.25) is 0 Å². The van der Waals surface area contributed by atoms with Crippen molar-refractivity contribution in [2.45, 2.75) is 6.92 Å². The molecule has 0 rings (SSSR count). The summed E-state index contributed by atoms with van der Waals surface area (Å²) in [5.74, 6) is -2.48. The van der Waals surface area contributed by atoms with Gasteiger partial charge in [-0.05, 0) is 0 Å². The summed E-state index contributed by atoms with van der Waals surface area (Å²) in [5, 5.41) is 9.79. The van der Waals surface area contributed by atoms with E-state index in [2.05, 4.69) is 4.79 Å². The van der Waals surface area contributed by atoms with E-state index in [4.69, 9.17) is 5.53 Å². The molecule has 0 aliphatic heterocycles. The van der Waals surface area contributed by atoms with E-state index >= 15 is 0 Å². The highest BCUT2D eigenvalue weighted by Crippen LogP contribution is 1.70. The summed E-state index contributed by atoms with van der Waals surface area (Å²) < 4.78 is 0. The third-order valence-electron chi connectivity index (χ3n) is 0.639. The van der Waals surface area contributed by atoms with Crippen molar-refractivity contribution >= 4 is 17.5 Å². The maximum absolute atomic E-state index is 10.1. The van der Waals surface area contributed by atoms with Crippen molar-refractivity contribution < 1.29 is 19.5 Å². The first-order valence-corrected chi connectivity index (χ1v) is 2.06. The second-order valence-electron chi connectivity index (χ2n) is 1.30. The number of hydrogen-bond acceptors (Lipinski definition) is 4. The molecule has 0 bridgehead atoms. The molecule has 0 aliphatic rings. The highest BCUT2D eigenvalue weighted by Gasteiger charge is 2.18. The van der Waals surface area contributed by atoms with Gasteiger partial charge in [-0.15, -0.1) is 0 Å². The van der Waals surface area contributed by atoms with Crippen LogP contribution in [0, 0.1) is 5.53 Å². The Hall–Kier alpha value is -1.48. The molecule has 5 nitrogen and oxygen atoms in total. The van der Waals surface area contributed by atoms with Gasteiger partial charge in [-0.1, -0.05) is 0 Å². The Kier molecular flexibility index (Phi) is 2.29. The van der Waals surface area contributed by atoms with E-state index in [-0.39, 0.29) is 0 Å². The Morgan fingerprint density at radius 3 is 2.00 bits per heavy atom.